The number of ether oxygens (including phenoxy) is 1. The Morgan fingerprint density at radius 3 is 2.76 bits per heavy atom. The molecule has 0 saturated heterocycles. The van der Waals surface area contributed by atoms with Gasteiger partial charge in [0.05, 0.1) is 19.0 Å². The van der Waals surface area contributed by atoms with Crippen LogP contribution in [0.2, 0.25) is 0 Å². The zero-order valence-corrected chi connectivity index (χ0v) is 14.5. The van der Waals surface area contributed by atoms with Crippen LogP contribution in [0.3, 0.4) is 0 Å². The Labute approximate surface area is 148 Å². The summed E-state index contributed by atoms with van der Waals surface area (Å²) in [6, 6.07) is 9.05. The third-order valence-electron chi connectivity index (χ3n) is 3.78. The molecule has 0 bridgehead atoms. The number of halogens is 1. The van der Waals surface area contributed by atoms with Crippen molar-refractivity contribution in [3.63, 3.8) is 0 Å². The zero-order chi connectivity index (χ0) is 17.6. The summed E-state index contributed by atoms with van der Waals surface area (Å²) in [5.74, 6) is -0.565. The molecular weight excluding hydrogens is 390 g/mol. The number of hydrogen-bond donors (Lipinski definition) is 0. The number of pyridine rings is 1. The zero-order valence-electron chi connectivity index (χ0n) is 12.9. The number of nitrogens with zero attached hydrogens (tertiary/aromatic N) is 5. The SMILES string of the molecule is COC(=O)c1cnn2c1nnc1c(=O)n(-c3ccccc3Br)ccc12. The van der Waals surface area contributed by atoms with E-state index in [-0.39, 0.29) is 22.3 Å². The Bertz CT molecular complexity index is 1200. The van der Waals surface area contributed by atoms with Crippen molar-refractivity contribution in [3.05, 3.63) is 63.1 Å². The van der Waals surface area contributed by atoms with Crippen molar-refractivity contribution in [2.45, 2.75) is 0 Å². The number of hydrogen-bond acceptors (Lipinski definition) is 6. The molecule has 1 aromatic carbocycles. The number of fused-ring (bicyclic) bond motifs is 3. The van der Waals surface area contributed by atoms with Crippen LogP contribution in [0, 0.1) is 0 Å². The summed E-state index contributed by atoms with van der Waals surface area (Å²) in [5.41, 5.74) is 1.36. The van der Waals surface area contributed by atoms with Crippen LogP contribution in [-0.2, 0) is 4.74 Å². The minimum absolute atomic E-state index is 0.144. The van der Waals surface area contributed by atoms with E-state index in [0.29, 0.717) is 11.2 Å². The molecule has 4 rings (SSSR count). The van der Waals surface area contributed by atoms with Crippen LogP contribution in [0.25, 0.3) is 22.4 Å². The van der Waals surface area contributed by atoms with E-state index in [4.69, 9.17) is 4.74 Å². The Balaban J connectivity index is 2.01. The topological polar surface area (TPSA) is 91.4 Å². The number of para-hydroxylation sites is 1. The van der Waals surface area contributed by atoms with Crippen LogP contribution in [0.4, 0.5) is 0 Å². The molecule has 8 nitrogen and oxygen atoms in total. The molecule has 3 aromatic heterocycles. The summed E-state index contributed by atoms with van der Waals surface area (Å²) >= 11 is 3.43. The van der Waals surface area contributed by atoms with Crippen LogP contribution in [0.1, 0.15) is 10.4 Å². The molecule has 0 spiro atoms. The highest BCUT2D eigenvalue weighted by molar-refractivity contribution is 9.10. The molecule has 3 heterocycles. The van der Waals surface area contributed by atoms with E-state index in [1.165, 1.54) is 22.4 Å². The summed E-state index contributed by atoms with van der Waals surface area (Å²) in [6.45, 7) is 0. The lowest BCUT2D eigenvalue weighted by atomic mass is 10.3. The molecule has 0 radical (unpaired) electrons. The first kappa shape index (κ1) is 15.5. The van der Waals surface area contributed by atoms with E-state index in [0.717, 1.165) is 4.47 Å². The largest absolute Gasteiger partial charge is 0.465 e. The van der Waals surface area contributed by atoms with Gasteiger partial charge in [-0.05, 0) is 34.1 Å². The molecule has 4 aromatic rings. The maximum atomic E-state index is 12.8. The van der Waals surface area contributed by atoms with Crippen LogP contribution < -0.4 is 5.56 Å². The lowest BCUT2D eigenvalue weighted by molar-refractivity contribution is 0.0602. The summed E-state index contributed by atoms with van der Waals surface area (Å²) in [6.07, 6.45) is 2.97. The van der Waals surface area contributed by atoms with Crippen molar-refractivity contribution in [2.24, 2.45) is 0 Å². The van der Waals surface area contributed by atoms with E-state index in [2.05, 4.69) is 31.2 Å². The van der Waals surface area contributed by atoms with Gasteiger partial charge in [0, 0.05) is 10.7 Å². The second kappa shape index (κ2) is 5.78. The number of benzene rings is 1. The average molecular weight is 400 g/mol. The lowest BCUT2D eigenvalue weighted by Gasteiger charge is -2.09. The van der Waals surface area contributed by atoms with E-state index in [9.17, 15) is 9.59 Å². The molecule has 0 amide bonds. The summed E-state index contributed by atoms with van der Waals surface area (Å²) in [4.78, 5) is 24.6. The first-order valence-electron chi connectivity index (χ1n) is 7.21. The smallest absolute Gasteiger partial charge is 0.343 e. The Morgan fingerprint density at radius 2 is 2.00 bits per heavy atom. The standard InChI is InChI=1S/C16H10BrN5O3/c1-25-16(24)9-8-18-22-12-6-7-21(11-5-3-2-4-10(11)17)15(23)13(12)19-20-14(9)22/h2-8H,1H3. The quantitative estimate of drug-likeness (QED) is 0.478. The number of aromatic nitrogens is 5. The van der Waals surface area contributed by atoms with Gasteiger partial charge in [-0.1, -0.05) is 12.1 Å². The molecule has 0 N–H and O–H groups in total. The van der Waals surface area contributed by atoms with Crippen molar-refractivity contribution in [2.75, 3.05) is 7.11 Å². The fraction of sp³-hybridized carbons (Fsp3) is 0.0625. The van der Waals surface area contributed by atoms with Crippen LogP contribution in [0.5, 0.6) is 0 Å². The molecule has 9 heteroatoms. The predicted octanol–water partition coefficient (Wildman–Crippen LogP) is 1.98. The van der Waals surface area contributed by atoms with Crippen LogP contribution in [-0.4, -0.2) is 37.5 Å². The lowest BCUT2D eigenvalue weighted by Crippen LogP contribution is -2.20. The summed E-state index contributed by atoms with van der Waals surface area (Å²) in [5, 5.41) is 12.1. The highest BCUT2D eigenvalue weighted by atomic mass is 79.9. The van der Waals surface area contributed by atoms with Gasteiger partial charge in [-0.25, -0.2) is 9.31 Å². The molecular formula is C16H10BrN5O3. The Kier molecular flexibility index (Phi) is 3.57. The molecule has 0 fully saturated rings. The second-order valence-corrected chi connectivity index (χ2v) is 6.02. The number of rotatable bonds is 2. The van der Waals surface area contributed by atoms with Crippen LogP contribution >= 0.6 is 15.9 Å². The molecule has 25 heavy (non-hydrogen) atoms. The van der Waals surface area contributed by atoms with Crippen molar-refractivity contribution in [1.29, 1.82) is 0 Å². The number of esters is 1. The number of methoxy groups -OCH3 is 1. The van der Waals surface area contributed by atoms with Gasteiger partial charge in [0.1, 0.15) is 11.1 Å². The first-order valence-corrected chi connectivity index (χ1v) is 8.00. The van der Waals surface area contributed by atoms with E-state index in [1.807, 2.05) is 24.3 Å². The number of carbonyl (C=O) groups is 1. The fourth-order valence-electron chi connectivity index (χ4n) is 2.58. The van der Waals surface area contributed by atoms with Gasteiger partial charge in [-0.15, -0.1) is 10.2 Å². The predicted molar refractivity (Wildman–Crippen MR) is 92.9 cm³/mol. The maximum absolute atomic E-state index is 12.8. The molecule has 0 unspecified atom stereocenters. The number of carbonyl (C=O) groups excluding carboxylic acids is 1. The molecule has 0 aliphatic rings. The first-order chi connectivity index (χ1) is 12.1. The molecule has 0 saturated carbocycles. The van der Waals surface area contributed by atoms with Gasteiger partial charge >= 0.3 is 5.97 Å². The molecule has 0 atom stereocenters. The van der Waals surface area contributed by atoms with E-state index >= 15 is 0 Å². The molecule has 0 aliphatic carbocycles. The van der Waals surface area contributed by atoms with E-state index < -0.39 is 5.97 Å². The minimum atomic E-state index is -0.565. The van der Waals surface area contributed by atoms with Gasteiger partial charge in [-0.2, -0.15) is 5.10 Å². The summed E-state index contributed by atoms with van der Waals surface area (Å²) < 4.78 is 8.35. The van der Waals surface area contributed by atoms with E-state index in [1.54, 1.807) is 12.3 Å². The summed E-state index contributed by atoms with van der Waals surface area (Å²) in [7, 11) is 1.27. The Morgan fingerprint density at radius 1 is 1.20 bits per heavy atom. The average Bonchev–Trinajstić information content (AvgIpc) is 3.07. The fourth-order valence-corrected chi connectivity index (χ4v) is 3.06. The third kappa shape index (κ3) is 2.31. The van der Waals surface area contributed by atoms with Crippen LogP contribution in [0.15, 0.2) is 52.0 Å². The normalized spacial score (nSPS) is 11.1. The van der Waals surface area contributed by atoms with Crippen molar-refractivity contribution < 1.29 is 9.53 Å². The monoisotopic (exact) mass is 399 g/mol. The highest BCUT2D eigenvalue weighted by Crippen LogP contribution is 2.20. The van der Waals surface area contributed by atoms with Gasteiger partial charge in [0.15, 0.2) is 11.2 Å². The van der Waals surface area contributed by atoms with Crippen molar-refractivity contribution >= 4 is 38.6 Å². The highest BCUT2D eigenvalue weighted by Gasteiger charge is 2.18. The van der Waals surface area contributed by atoms with Crippen molar-refractivity contribution in [3.8, 4) is 5.69 Å². The minimum Gasteiger partial charge on any atom is -0.465 e. The third-order valence-corrected chi connectivity index (χ3v) is 4.45. The Hall–Kier alpha value is -3.07. The van der Waals surface area contributed by atoms with Gasteiger partial charge < -0.3 is 4.74 Å². The second-order valence-electron chi connectivity index (χ2n) is 5.16. The van der Waals surface area contributed by atoms with Gasteiger partial charge in [0.2, 0.25) is 0 Å². The maximum Gasteiger partial charge on any atom is 0.343 e. The van der Waals surface area contributed by atoms with Crippen molar-refractivity contribution in [1.82, 2.24) is 24.4 Å². The van der Waals surface area contributed by atoms with Gasteiger partial charge in [0.25, 0.3) is 5.56 Å². The molecule has 124 valence electrons. The molecule has 0 aliphatic heterocycles. The van der Waals surface area contributed by atoms with Gasteiger partial charge in [-0.3, -0.25) is 9.36 Å².